The van der Waals surface area contributed by atoms with Gasteiger partial charge in [0.2, 0.25) is 0 Å². The predicted octanol–water partition coefficient (Wildman–Crippen LogP) is 3.26. The molecule has 5 heteroatoms. The number of thiophene rings is 1. The average Bonchev–Trinajstić information content (AvgIpc) is 3.08. The number of ether oxygens (including phenoxy) is 2. The molecule has 1 amide bonds. The largest absolute Gasteiger partial charge is 0.486 e. The van der Waals surface area contributed by atoms with E-state index in [0.717, 1.165) is 29.2 Å². The fourth-order valence-corrected chi connectivity index (χ4v) is 3.90. The topological polar surface area (TPSA) is 47.6 Å². The Hall–Kier alpha value is -2.01. The Morgan fingerprint density at radius 1 is 1.10 bits per heavy atom. The molecule has 4 nitrogen and oxygen atoms in total. The summed E-state index contributed by atoms with van der Waals surface area (Å²) in [4.78, 5) is 14.5. The highest BCUT2D eigenvalue weighted by molar-refractivity contribution is 7.14. The molecule has 4 rings (SSSR count). The summed E-state index contributed by atoms with van der Waals surface area (Å²) in [6.07, 6.45) is 3.42. The summed E-state index contributed by atoms with van der Waals surface area (Å²) in [6, 6.07) is 7.51. The molecule has 2 aromatic rings. The number of anilines is 1. The summed E-state index contributed by atoms with van der Waals surface area (Å²) < 4.78 is 11.0. The Morgan fingerprint density at radius 3 is 2.81 bits per heavy atom. The number of fused-ring (bicyclic) bond motifs is 2. The summed E-state index contributed by atoms with van der Waals surface area (Å²) in [5.74, 6) is 1.37. The Morgan fingerprint density at radius 2 is 1.95 bits per heavy atom. The molecule has 108 valence electrons. The van der Waals surface area contributed by atoms with Gasteiger partial charge < -0.3 is 14.8 Å². The minimum absolute atomic E-state index is 0.0499. The highest BCUT2D eigenvalue weighted by atomic mass is 32.1. The molecule has 1 N–H and O–H groups in total. The van der Waals surface area contributed by atoms with E-state index in [4.69, 9.17) is 9.47 Å². The first kappa shape index (κ1) is 12.7. The molecule has 0 bridgehead atoms. The number of rotatable bonds is 2. The van der Waals surface area contributed by atoms with Crippen molar-refractivity contribution >= 4 is 22.9 Å². The first-order valence-electron chi connectivity index (χ1n) is 7.12. The lowest BCUT2D eigenvalue weighted by Crippen LogP contribution is -2.16. The van der Waals surface area contributed by atoms with Gasteiger partial charge in [0.15, 0.2) is 11.5 Å². The van der Waals surface area contributed by atoms with Crippen molar-refractivity contribution in [3.63, 3.8) is 0 Å². The van der Waals surface area contributed by atoms with Gasteiger partial charge in [-0.2, -0.15) is 0 Å². The summed E-state index contributed by atoms with van der Waals surface area (Å²) in [7, 11) is 0. The van der Waals surface area contributed by atoms with Gasteiger partial charge >= 0.3 is 0 Å². The smallest absolute Gasteiger partial charge is 0.265 e. The lowest BCUT2D eigenvalue weighted by atomic mass is 10.2. The Balaban J connectivity index is 1.53. The summed E-state index contributed by atoms with van der Waals surface area (Å²) >= 11 is 1.61. The molecule has 0 unspecified atom stereocenters. The molecular formula is C16H15NO3S. The number of nitrogens with one attached hydrogen (secondary N) is 1. The van der Waals surface area contributed by atoms with Crippen molar-refractivity contribution in [2.45, 2.75) is 19.3 Å². The van der Waals surface area contributed by atoms with E-state index < -0.39 is 0 Å². The van der Waals surface area contributed by atoms with Crippen molar-refractivity contribution in [1.29, 1.82) is 0 Å². The van der Waals surface area contributed by atoms with E-state index in [-0.39, 0.29) is 5.91 Å². The summed E-state index contributed by atoms with van der Waals surface area (Å²) in [5.41, 5.74) is 2.07. The molecule has 0 atom stereocenters. The van der Waals surface area contributed by atoms with Crippen molar-refractivity contribution in [1.82, 2.24) is 0 Å². The lowest BCUT2D eigenvalue weighted by Gasteiger charge is -2.18. The first-order valence-corrected chi connectivity index (χ1v) is 7.94. The van der Waals surface area contributed by atoms with Crippen LogP contribution in [0.5, 0.6) is 11.5 Å². The number of amides is 1. The molecule has 2 aliphatic rings. The number of carbonyl (C=O) groups excluding carboxylic acids is 1. The summed E-state index contributed by atoms with van der Waals surface area (Å²) in [6.45, 7) is 1.11. The zero-order chi connectivity index (χ0) is 14.2. The minimum atomic E-state index is -0.0499. The molecule has 1 aromatic carbocycles. The van der Waals surface area contributed by atoms with Crippen molar-refractivity contribution in [2.24, 2.45) is 0 Å². The Kier molecular flexibility index (Phi) is 3.07. The van der Waals surface area contributed by atoms with Crippen LogP contribution in [-0.4, -0.2) is 19.1 Å². The molecule has 0 spiro atoms. The Labute approximate surface area is 126 Å². The maximum absolute atomic E-state index is 12.3. The lowest BCUT2D eigenvalue weighted by molar-refractivity contribution is 0.103. The molecule has 1 aliphatic carbocycles. The van der Waals surface area contributed by atoms with Crippen LogP contribution in [0.15, 0.2) is 24.3 Å². The third-order valence-electron chi connectivity index (χ3n) is 3.77. The van der Waals surface area contributed by atoms with Gasteiger partial charge in [-0.15, -0.1) is 11.3 Å². The van der Waals surface area contributed by atoms with Crippen LogP contribution in [0.3, 0.4) is 0 Å². The molecule has 1 aliphatic heterocycles. The van der Waals surface area contributed by atoms with Gasteiger partial charge in [-0.1, -0.05) is 0 Å². The van der Waals surface area contributed by atoms with E-state index in [1.54, 1.807) is 11.3 Å². The molecule has 0 fully saturated rings. The van der Waals surface area contributed by atoms with Gasteiger partial charge in [0.1, 0.15) is 13.2 Å². The van der Waals surface area contributed by atoms with Crippen molar-refractivity contribution < 1.29 is 14.3 Å². The van der Waals surface area contributed by atoms with E-state index >= 15 is 0 Å². The molecule has 0 saturated carbocycles. The third kappa shape index (κ3) is 2.38. The zero-order valence-corrected chi connectivity index (χ0v) is 12.3. The third-order valence-corrected chi connectivity index (χ3v) is 5.01. The fraction of sp³-hybridized carbons (Fsp3) is 0.312. The van der Waals surface area contributed by atoms with Gasteiger partial charge in [0, 0.05) is 16.6 Å². The van der Waals surface area contributed by atoms with E-state index in [2.05, 4.69) is 5.32 Å². The van der Waals surface area contributed by atoms with Crippen LogP contribution in [0.25, 0.3) is 0 Å². The number of carbonyl (C=O) groups is 1. The molecule has 0 radical (unpaired) electrons. The number of benzene rings is 1. The van der Waals surface area contributed by atoms with Crippen LogP contribution in [0.1, 0.15) is 26.5 Å². The van der Waals surface area contributed by atoms with E-state index in [0.29, 0.717) is 19.0 Å². The van der Waals surface area contributed by atoms with Crippen LogP contribution in [0, 0.1) is 0 Å². The van der Waals surface area contributed by atoms with Gasteiger partial charge in [0.05, 0.1) is 4.88 Å². The molecule has 2 heterocycles. The maximum Gasteiger partial charge on any atom is 0.265 e. The van der Waals surface area contributed by atoms with Crippen LogP contribution in [0.4, 0.5) is 5.69 Å². The Bertz CT molecular complexity index is 686. The van der Waals surface area contributed by atoms with E-state index in [9.17, 15) is 4.79 Å². The van der Waals surface area contributed by atoms with Crippen molar-refractivity contribution in [2.75, 3.05) is 18.5 Å². The van der Waals surface area contributed by atoms with E-state index in [1.165, 1.54) is 16.9 Å². The van der Waals surface area contributed by atoms with Crippen molar-refractivity contribution in [3.8, 4) is 11.5 Å². The average molecular weight is 301 g/mol. The number of hydrogen-bond acceptors (Lipinski definition) is 4. The SMILES string of the molecule is O=C(Nc1ccc2c(c1)OCCO2)c1cc2c(s1)CCC2. The highest BCUT2D eigenvalue weighted by Gasteiger charge is 2.19. The fourth-order valence-electron chi connectivity index (χ4n) is 2.75. The summed E-state index contributed by atoms with van der Waals surface area (Å²) in [5, 5.41) is 2.93. The van der Waals surface area contributed by atoms with Gasteiger partial charge in [0.25, 0.3) is 5.91 Å². The number of aryl methyl sites for hydroxylation is 2. The van der Waals surface area contributed by atoms with Crippen LogP contribution in [-0.2, 0) is 12.8 Å². The van der Waals surface area contributed by atoms with Crippen LogP contribution in [0.2, 0.25) is 0 Å². The van der Waals surface area contributed by atoms with Gasteiger partial charge in [-0.05, 0) is 43.0 Å². The monoisotopic (exact) mass is 301 g/mol. The molecular weight excluding hydrogens is 286 g/mol. The van der Waals surface area contributed by atoms with Gasteiger partial charge in [-0.3, -0.25) is 4.79 Å². The highest BCUT2D eigenvalue weighted by Crippen LogP contribution is 2.34. The first-order chi connectivity index (χ1) is 10.3. The van der Waals surface area contributed by atoms with Crippen LogP contribution < -0.4 is 14.8 Å². The predicted molar refractivity (Wildman–Crippen MR) is 81.7 cm³/mol. The standard InChI is InChI=1S/C16H15NO3S/c18-16(15-8-10-2-1-3-14(10)21-15)17-11-4-5-12-13(9-11)20-7-6-19-12/h4-5,8-9H,1-3,6-7H2,(H,17,18). The molecule has 1 aromatic heterocycles. The minimum Gasteiger partial charge on any atom is -0.486 e. The molecule has 21 heavy (non-hydrogen) atoms. The second-order valence-corrected chi connectivity index (χ2v) is 6.36. The maximum atomic E-state index is 12.3. The second kappa shape index (κ2) is 5.07. The second-order valence-electron chi connectivity index (χ2n) is 5.23. The van der Waals surface area contributed by atoms with E-state index in [1.807, 2.05) is 24.3 Å². The molecule has 0 saturated heterocycles. The zero-order valence-electron chi connectivity index (χ0n) is 11.5. The normalized spacial score (nSPS) is 15.6. The van der Waals surface area contributed by atoms with Crippen LogP contribution >= 0.6 is 11.3 Å². The number of hydrogen-bond donors (Lipinski definition) is 1. The quantitative estimate of drug-likeness (QED) is 0.926. The van der Waals surface area contributed by atoms with Crippen molar-refractivity contribution in [3.05, 3.63) is 39.6 Å². The van der Waals surface area contributed by atoms with Gasteiger partial charge in [-0.25, -0.2) is 0 Å².